The number of carbonyl (C=O) groups is 1. The standard InChI is InChI=1S/C17H21NO2/c1-12-5-6-14(4-3-9-19)10-16(12)17(20)18-11-13(2)15-7-8-15/h5-6,10,13,15,19H,7-9,11H2,1-2H3,(H,18,20). The third kappa shape index (κ3) is 3.85. The van der Waals surface area contributed by atoms with Gasteiger partial charge in [0.15, 0.2) is 0 Å². The maximum absolute atomic E-state index is 12.2. The van der Waals surface area contributed by atoms with Crippen molar-refractivity contribution < 1.29 is 9.90 Å². The Morgan fingerprint density at radius 1 is 1.50 bits per heavy atom. The second-order valence-electron chi connectivity index (χ2n) is 5.51. The number of aryl methyl sites for hydroxylation is 1. The molecule has 0 aromatic heterocycles. The van der Waals surface area contributed by atoms with E-state index in [9.17, 15) is 4.79 Å². The number of aliphatic hydroxyl groups excluding tert-OH is 1. The molecule has 106 valence electrons. The average molecular weight is 271 g/mol. The first-order chi connectivity index (χ1) is 9.61. The maximum Gasteiger partial charge on any atom is 0.251 e. The molecule has 1 atom stereocenters. The van der Waals surface area contributed by atoms with Gasteiger partial charge in [0, 0.05) is 17.7 Å². The van der Waals surface area contributed by atoms with Crippen LogP contribution in [-0.4, -0.2) is 24.2 Å². The molecule has 1 aliphatic carbocycles. The Kier molecular flexibility index (Phi) is 4.81. The van der Waals surface area contributed by atoms with E-state index in [-0.39, 0.29) is 12.5 Å². The van der Waals surface area contributed by atoms with Crippen LogP contribution in [0.15, 0.2) is 18.2 Å². The number of rotatable bonds is 4. The molecule has 3 nitrogen and oxygen atoms in total. The van der Waals surface area contributed by atoms with Gasteiger partial charge in [-0.2, -0.15) is 0 Å². The lowest BCUT2D eigenvalue weighted by Gasteiger charge is -2.12. The molecule has 20 heavy (non-hydrogen) atoms. The zero-order valence-corrected chi connectivity index (χ0v) is 12.1. The van der Waals surface area contributed by atoms with Gasteiger partial charge in [-0.25, -0.2) is 0 Å². The van der Waals surface area contributed by atoms with Crippen LogP contribution in [-0.2, 0) is 0 Å². The van der Waals surface area contributed by atoms with Gasteiger partial charge in [0.25, 0.3) is 5.91 Å². The summed E-state index contributed by atoms with van der Waals surface area (Å²) in [5, 5.41) is 11.7. The highest BCUT2D eigenvalue weighted by molar-refractivity contribution is 5.96. The number of carbonyl (C=O) groups excluding carboxylic acids is 1. The summed E-state index contributed by atoms with van der Waals surface area (Å²) in [6, 6.07) is 5.54. The predicted molar refractivity (Wildman–Crippen MR) is 79.4 cm³/mol. The highest BCUT2D eigenvalue weighted by atomic mass is 16.2. The summed E-state index contributed by atoms with van der Waals surface area (Å²) in [6.45, 7) is 4.67. The van der Waals surface area contributed by atoms with Crippen molar-refractivity contribution in [1.82, 2.24) is 5.32 Å². The lowest BCUT2D eigenvalue weighted by molar-refractivity contribution is 0.0946. The van der Waals surface area contributed by atoms with Crippen LogP contribution in [0.4, 0.5) is 0 Å². The van der Waals surface area contributed by atoms with E-state index >= 15 is 0 Å². The number of hydrogen-bond acceptors (Lipinski definition) is 2. The van der Waals surface area contributed by atoms with Crippen LogP contribution in [0, 0.1) is 30.6 Å². The monoisotopic (exact) mass is 271 g/mol. The van der Waals surface area contributed by atoms with E-state index in [0.29, 0.717) is 11.5 Å². The summed E-state index contributed by atoms with van der Waals surface area (Å²) in [6.07, 6.45) is 2.59. The topological polar surface area (TPSA) is 49.3 Å². The lowest BCUT2D eigenvalue weighted by Crippen LogP contribution is -2.29. The fourth-order valence-corrected chi connectivity index (χ4v) is 2.27. The number of benzene rings is 1. The molecule has 2 rings (SSSR count). The molecule has 0 heterocycles. The van der Waals surface area contributed by atoms with Gasteiger partial charge >= 0.3 is 0 Å². The van der Waals surface area contributed by atoms with Crippen molar-refractivity contribution in [2.24, 2.45) is 11.8 Å². The summed E-state index contributed by atoms with van der Waals surface area (Å²) < 4.78 is 0. The quantitative estimate of drug-likeness (QED) is 0.824. The zero-order valence-electron chi connectivity index (χ0n) is 12.1. The van der Waals surface area contributed by atoms with Crippen molar-refractivity contribution in [2.45, 2.75) is 26.7 Å². The van der Waals surface area contributed by atoms with Crippen molar-refractivity contribution in [3.8, 4) is 11.8 Å². The number of amides is 1. The van der Waals surface area contributed by atoms with E-state index in [4.69, 9.17) is 5.11 Å². The van der Waals surface area contributed by atoms with Gasteiger partial charge in [0.2, 0.25) is 0 Å². The molecule has 0 radical (unpaired) electrons. The fraction of sp³-hybridized carbons (Fsp3) is 0.471. The molecule has 0 aliphatic heterocycles. The molecule has 1 aromatic carbocycles. The molecule has 1 fully saturated rings. The van der Waals surface area contributed by atoms with E-state index in [1.54, 1.807) is 6.07 Å². The number of aliphatic hydroxyl groups is 1. The molecule has 1 saturated carbocycles. The van der Waals surface area contributed by atoms with E-state index < -0.39 is 0 Å². The van der Waals surface area contributed by atoms with Crippen LogP contribution in [0.3, 0.4) is 0 Å². The third-order valence-electron chi connectivity index (χ3n) is 3.81. The Morgan fingerprint density at radius 3 is 2.90 bits per heavy atom. The van der Waals surface area contributed by atoms with Gasteiger partial charge in [-0.1, -0.05) is 24.8 Å². The van der Waals surface area contributed by atoms with Crippen molar-refractivity contribution >= 4 is 5.91 Å². The second kappa shape index (κ2) is 6.58. The van der Waals surface area contributed by atoms with E-state index in [1.807, 2.05) is 19.1 Å². The van der Waals surface area contributed by atoms with Crippen molar-refractivity contribution in [3.63, 3.8) is 0 Å². The Labute approximate surface area is 120 Å². The van der Waals surface area contributed by atoms with Gasteiger partial charge in [0.05, 0.1) is 0 Å². The lowest BCUT2D eigenvalue weighted by atomic mass is 10.0. The van der Waals surface area contributed by atoms with Crippen LogP contribution >= 0.6 is 0 Å². The highest BCUT2D eigenvalue weighted by Crippen LogP contribution is 2.36. The first-order valence-electron chi connectivity index (χ1n) is 7.10. The van der Waals surface area contributed by atoms with Gasteiger partial charge in [-0.3, -0.25) is 4.79 Å². The average Bonchev–Trinajstić information content (AvgIpc) is 3.28. The minimum atomic E-state index is -0.172. The Balaban J connectivity index is 2.03. The second-order valence-corrected chi connectivity index (χ2v) is 5.51. The number of hydrogen-bond donors (Lipinski definition) is 2. The van der Waals surface area contributed by atoms with Crippen LogP contribution in [0.25, 0.3) is 0 Å². The largest absolute Gasteiger partial charge is 0.384 e. The molecule has 3 heteroatoms. The molecular formula is C17H21NO2. The molecule has 0 spiro atoms. The van der Waals surface area contributed by atoms with Gasteiger partial charge in [-0.15, -0.1) is 0 Å². The summed E-state index contributed by atoms with van der Waals surface area (Å²) in [5.41, 5.74) is 2.36. The molecule has 1 amide bonds. The minimum Gasteiger partial charge on any atom is -0.384 e. The van der Waals surface area contributed by atoms with E-state index in [0.717, 1.165) is 23.6 Å². The minimum absolute atomic E-state index is 0.0392. The van der Waals surface area contributed by atoms with Crippen LogP contribution in [0.5, 0.6) is 0 Å². The van der Waals surface area contributed by atoms with Gasteiger partial charge in [0.1, 0.15) is 6.61 Å². The third-order valence-corrected chi connectivity index (χ3v) is 3.81. The molecule has 1 aliphatic rings. The summed E-state index contributed by atoms with van der Waals surface area (Å²) >= 11 is 0. The Hall–Kier alpha value is -1.79. The Morgan fingerprint density at radius 2 is 2.25 bits per heavy atom. The van der Waals surface area contributed by atoms with Gasteiger partial charge in [-0.05, 0) is 49.3 Å². The number of nitrogens with one attached hydrogen (secondary N) is 1. The summed E-state index contributed by atoms with van der Waals surface area (Å²) in [4.78, 5) is 12.2. The van der Waals surface area contributed by atoms with Crippen LogP contribution in [0.1, 0.15) is 41.3 Å². The first-order valence-corrected chi connectivity index (χ1v) is 7.10. The summed E-state index contributed by atoms with van der Waals surface area (Å²) in [5.74, 6) is 6.73. The molecule has 1 aromatic rings. The summed E-state index contributed by atoms with van der Waals surface area (Å²) in [7, 11) is 0. The first kappa shape index (κ1) is 14.6. The fourth-order valence-electron chi connectivity index (χ4n) is 2.27. The predicted octanol–water partition coefficient (Wildman–Crippen LogP) is 2.11. The maximum atomic E-state index is 12.2. The van der Waals surface area contributed by atoms with Gasteiger partial charge < -0.3 is 10.4 Å². The molecule has 2 N–H and O–H groups in total. The molecular weight excluding hydrogens is 250 g/mol. The van der Waals surface area contributed by atoms with Crippen molar-refractivity contribution in [2.75, 3.05) is 13.2 Å². The molecule has 1 unspecified atom stereocenters. The smallest absolute Gasteiger partial charge is 0.251 e. The van der Waals surface area contributed by atoms with Crippen LogP contribution < -0.4 is 5.32 Å². The van der Waals surface area contributed by atoms with E-state index in [1.165, 1.54) is 12.8 Å². The van der Waals surface area contributed by atoms with Crippen molar-refractivity contribution in [1.29, 1.82) is 0 Å². The Bertz CT molecular complexity index is 550. The molecule has 0 saturated heterocycles. The molecule has 0 bridgehead atoms. The SMILES string of the molecule is Cc1ccc(C#CCO)cc1C(=O)NCC(C)C1CC1. The van der Waals surface area contributed by atoms with Crippen LogP contribution in [0.2, 0.25) is 0 Å². The zero-order chi connectivity index (χ0) is 14.5. The normalized spacial score (nSPS) is 15.2. The van der Waals surface area contributed by atoms with E-state index in [2.05, 4.69) is 24.1 Å². The highest BCUT2D eigenvalue weighted by Gasteiger charge is 2.28. The van der Waals surface area contributed by atoms with Crippen molar-refractivity contribution in [3.05, 3.63) is 34.9 Å².